The molecule has 0 spiro atoms. The van der Waals surface area contributed by atoms with Gasteiger partial charge in [-0.2, -0.15) is 5.10 Å². The van der Waals surface area contributed by atoms with E-state index in [9.17, 15) is 4.79 Å². The maximum Gasteiger partial charge on any atom is 0.223 e. The van der Waals surface area contributed by atoms with Gasteiger partial charge in [-0.05, 0) is 13.8 Å². The van der Waals surface area contributed by atoms with E-state index in [1.807, 2.05) is 13.8 Å². The minimum Gasteiger partial charge on any atom is -0.313 e. The van der Waals surface area contributed by atoms with Crippen molar-refractivity contribution in [3.05, 3.63) is 30.1 Å². The number of carbonyl (C=O) groups excluding carboxylic acids is 1. The molecule has 6 nitrogen and oxygen atoms in total. The van der Waals surface area contributed by atoms with Crippen molar-refractivity contribution in [1.82, 2.24) is 19.7 Å². The average Bonchev–Trinajstić information content (AvgIpc) is 2.71. The van der Waals surface area contributed by atoms with Crippen LogP contribution >= 0.6 is 0 Å². The van der Waals surface area contributed by atoms with Crippen LogP contribution in [0.3, 0.4) is 0 Å². The lowest BCUT2D eigenvalue weighted by Crippen LogP contribution is -2.22. The van der Waals surface area contributed by atoms with Gasteiger partial charge in [-0.15, -0.1) is 0 Å². The lowest BCUT2D eigenvalue weighted by molar-refractivity contribution is -0.116. The number of carbonyl (C=O) groups is 1. The highest BCUT2D eigenvalue weighted by Crippen LogP contribution is 2.19. The van der Waals surface area contributed by atoms with Crippen LogP contribution in [0.5, 0.6) is 0 Å². The van der Waals surface area contributed by atoms with Crippen molar-refractivity contribution in [2.45, 2.75) is 20.8 Å². The molecule has 0 aliphatic rings. The number of nitrogens with zero attached hydrogens (tertiary/aromatic N) is 5. The van der Waals surface area contributed by atoms with Crippen molar-refractivity contribution in [2.24, 2.45) is 0 Å². The molecule has 94 valence electrons. The summed E-state index contributed by atoms with van der Waals surface area (Å²) in [7, 11) is 1.72. The first-order valence-electron chi connectivity index (χ1n) is 5.58. The molecule has 2 heterocycles. The van der Waals surface area contributed by atoms with Crippen molar-refractivity contribution in [3.63, 3.8) is 0 Å². The Bertz CT molecular complexity index is 573. The SMILES string of the molecule is CC(=O)N(C)c1cn(-c2cnc(C)nc2)nc1C. The highest BCUT2D eigenvalue weighted by molar-refractivity contribution is 5.91. The second-order valence-electron chi connectivity index (χ2n) is 4.11. The molecule has 0 saturated heterocycles. The molecule has 18 heavy (non-hydrogen) atoms. The summed E-state index contributed by atoms with van der Waals surface area (Å²) < 4.78 is 1.67. The Morgan fingerprint density at radius 3 is 2.44 bits per heavy atom. The van der Waals surface area contributed by atoms with Gasteiger partial charge in [0.2, 0.25) is 5.91 Å². The van der Waals surface area contributed by atoms with Crippen molar-refractivity contribution in [3.8, 4) is 5.69 Å². The Kier molecular flexibility index (Phi) is 3.10. The second kappa shape index (κ2) is 4.56. The van der Waals surface area contributed by atoms with Crippen LogP contribution in [-0.4, -0.2) is 32.7 Å². The van der Waals surface area contributed by atoms with Crippen molar-refractivity contribution >= 4 is 11.6 Å². The zero-order valence-electron chi connectivity index (χ0n) is 10.9. The molecule has 0 aliphatic heterocycles. The van der Waals surface area contributed by atoms with Gasteiger partial charge in [0.05, 0.1) is 30.0 Å². The van der Waals surface area contributed by atoms with Crippen LogP contribution in [0.1, 0.15) is 18.4 Å². The van der Waals surface area contributed by atoms with E-state index in [0.717, 1.165) is 17.1 Å². The zero-order chi connectivity index (χ0) is 13.3. The first kappa shape index (κ1) is 12.2. The van der Waals surface area contributed by atoms with Crippen LogP contribution in [0.25, 0.3) is 5.69 Å². The number of aryl methyl sites for hydroxylation is 2. The van der Waals surface area contributed by atoms with Crippen LogP contribution in [0, 0.1) is 13.8 Å². The molecular formula is C12H15N5O. The first-order valence-corrected chi connectivity index (χ1v) is 5.58. The number of aromatic nitrogens is 4. The molecule has 0 unspecified atom stereocenters. The monoisotopic (exact) mass is 245 g/mol. The third kappa shape index (κ3) is 2.22. The van der Waals surface area contributed by atoms with E-state index in [4.69, 9.17) is 0 Å². The van der Waals surface area contributed by atoms with Crippen LogP contribution < -0.4 is 4.90 Å². The molecule has 0 radical (unpaired) electrons. The Morgan fingerprint density at radius 2 is 1.89 bits per heavy atom. The first-order chi connectivity index (χ1) is 8.49. The zero-order valence-corrected chi connectivity index (χ0v) is 10.9. The van der Waals surface area contributed by atoms with Gasteiger partial charge in [0.15, 0.2) is 0 Å². The molecule has 0 bridgehead atoms. The summed E-state index contributed by atoms with van der Waals surface area (Å²) >= 11 is 0. The molecule has 2 rings (SSSR count). The minimum absolute atomic E-state index is 0.0298. The lowest BCUT2D eigenvalue weighted by atomic mass is 10.3. The van der Waals surface area contributed by atoms with Crippen LogP contribution in [0.15, 0.2) is 18.6 Å². The molecule has 0 atom stereocenters. The Morgan fingerprint density at radius 1 is 1.28 bits per heavy atom. The summed E-state index contributed by atoms with van der Waals surface area (Å²) in [5.41, 5.74) is 2.34. The topological polar surface area (TPSA) is 63.9 Å². The number of rotatable bonds is 2. The van der Waals surface area contributed by atoms with Gasteiger partial charge in [0.1, 0.15) is 11.5 Å². The van der Waals surface area contributed by atoms with E-state index in [1.165, 1.54) is 6.92 Å². The molecule has 0 N–H and O–H groups in total. The van der Waals surface area contributed by atoms with Crippen molar-refractivity contribution in [2.75, 3.05) is 11.9 Å². The maximum absolute atomic E-state index is 11.4. The Balaban J connectivity index is 2.40. The highest BCUT2D eigenvalue weighted by atomic mass is 16.2. The molecule has 1 amide bonds. The molecule has 0 saturated carbocycles. The van der Waals surface area contributed by atoms with E-state index < -0.39 is 0 Å². The van der Waals surface area contributed by atoms with Crippen LogP contribution in [-0.2, 0) is 4.79 Å². The minimum atomic E-state index is -0.0298. The Labute approximate surface area is 105 Å². The van der Waals surface area contributed by atoms with Crippen LogP contribution in [0.4, 0.5) is 5.69 Å². The van der Waals surface area contributed by atoms with E-state index in [0.29, 0.717) is 5.82 Å². The number of hydrogen-bond donors (Lipinski definition) is 0. The molecular weight excluding hydrogens is 230 g/mol. The summed E-state index contributed by atoms with van der Waals surface area (Å²) in [6.45, 7) is 5.21. The fraction of sp³-hybridized carbons (Fsp3) is 0.333. The molecule has 0 aliphatic carbocycles. The maximum atomic E-state index is 11.4. The van der Waals surface area contributed by atoms with Gasteiger partial charge in [-0.25, -0.2) is 14.6 Å². The highest BCUT2D eigenvalue weighted by Gasteiger charge is 2.13. The summed E-state index contributed by atoms with van der Waals surface area (Å²) in [6, 6.07) is 0. The molecule has 0 aromatic carbocycles. The third-order valence-electron chi connectivity index (χ3n) is 2.74. The second-order valence-corrected chi connectivity index (χ2v) is 4.11. The van der Waals surface area contributed by atoms with Gasteiger partial charge in [-0.1, -0.05) is 0 Å². The van der Waals surface area contributed by atoms with Gasteiger partial charge < -0.3 is 4.90 Å². The number of anilines is 1. The quantitative estimate of drug-likeness (QED) is 0.799. The Hall–Kier alpha value is -2.24. The van der Waals surface area contributed by atoms with E-state index in [-0.39, 0.29) is 5.91 Å². The van der Waals surface area contributed by atoms with Gasteiger partial charge in [-0.3, -0.25) is 4.79 Å². The fourth-order valence-corrected chi connectivity index (χ4v) is 1.59. The number of amides is 1. The average molecular weight is 245 g/mol. The summed E-state index contributed by atoms with van der Waals surface area (Å²) in [6.07, 6.45) is 5.20. The third-order valence-corrected chi connectivity index (χ3v) is 2.74. The van der Waals surface area contributed by atoms with Crippen molar-refractivity contribution in [1.29, 1.82) is 0 Å². The van der Waals surface area contributed by atoms with E-state index in [2.05, 4.69) is 15.1 Å². The van der Waals surface area contributed by atoms with E-state index in [1.54, 1.807) is 35.2 Å². The lowest BCUT2D eigenvalue weighted by Gasteiger charge is -2.12. The van der Waals surface area contributed by atoms with Crippen LogP contribution in [0.2, 0.25) is 0 Å². The van der Waals surface area contributed by atoms with Gasteiger partial charge >= 0.3 is 0 Å². The van der Waals surface area contributed by atoms with Crippen molar-refractivity contribution < 1.29 is 4.79 Å². The van der Waals surface area contributed by atoms with Gasteiger partial charge in [0.25, 0.3) is 0 Å². The van der Waals surface area contributed by atoms with Gasteiger partial charge in [0, 0.05) is 14.0 Å². The summed E-state index contributed by atoms with van der Waals surface area (Å²) in [4.78, 5) is 21.2. The molecule has 0 fully saturated rings. The summed E-state index contributed by atoms with van der Waals surface area (Å²) in [5, 5.41) is 4.36. The normalized spacial score (nSPS) is 10.4. The number of hydrogen-bond acceptors (Lipinski definition) is 4. The predicted octanol–water partition coefficient (Wildman–Crippen LogP) is 1.26. The summed E-state index contributed by atoms with van der Waals surface area (Å²) in [5.74, 6) is 0.682. The fourth-order valence-electron chi connectivity index (χ4n) is 1.59. The molecule has 2 aromatic rings. The van der Waals surface area contributed by atoms with E-state index >= 15 is 0 Å². The standard InChI is InChI=1S/C12H15N5O/c1-8-12(16(4)10(3)18)7-17(15-8)11-5-13-9(2)14-6-11/h5-7H,1-4H3. The smallest absolute Gasteiger partial charge is 0.223 e. The largest absolute Gasteiger partial charge is 0.313 e. The molecule has 2 aromatic heterocycles. The predicted molar refractivity (Wildman–Crippen MR) is 67.7 cm³/mol. The molecule has 6 heteroatoms.